The zero-order valence-corrected chi connectivity index (χ0v) is 16.3. The molecule has 1 aliphatic rings. The molecule has 1 fully saturated rings. The largest absolute Gasteiger partial charge is 0.368 e. The maximum absolute atomic E-state index is 14.1. The van der Waals surface area contributed by atoms with E-state index >= 15 is 0 Å². The molecule has 3 aromatic rings. The Balaban J connectivity index is 1.51. The lowest BCUT2D eigenvalue weighted by molar-refractivity contribution is 0.0954. The Labute approximate surface area is 167 Å². The third-order valence-corrected chi connectivity index (χ3v) is 6.11. The zero-order valence-electron chi connectivity index (χ0n) is 15.5. The minimum Gasteiger partial charge on any atom is -0.368 e. The van der Waals surface area contributed by atoms with Gasteiger partial charge in [0.2, 0.25) is 0 Å². The van der Waals surface area contributed by atoms with Crippen LogP contribution in [0.15, 0.2) is 42.5 Å². The number of nitrogens with zero attached hydrogens (tertiary/aromatic N) is 1. The quantitative estimate of drug-likeness (QED) is 0.618. The number of hydrogen-bond acceptors (Lipinski definition) is 5. The summed E-state index contributed by atoms with van der Waals surface area (Å²) in [5, 5.41) is 7.28. The second-order valence-corrected chi connectivity index (χ2v) is 7.93. The van der Waals surface area contributed by atoms with E-state index in [0.717, 1.165) is 47.5 Å². The van der Waals surface area contributed by atoms with Crippen LogP contribution in [0, 0.1) is 5.82 Å². The first-order chi connectivity index (χ1) is 13.7. The van der Waals surface area contributed by atoms with Crippen molar-refractivity contribution in [3.63, 3.8) is 0 Å². The summed E-state index contributed by atoms with van der Waals surface area (Å²) in [4.78, 5) is 15.6. The second kappa shape index (κ2) is 8.26. The summed E-state index contributed by atoms with van der Waals surface area (Å²) in [5.41, 5.74) is 7.88. The molecule has 7 heteroatoms. The van der Waals surface area contributed by atoms with Crippen LogP contribution in [-0.2, 0) is 13.1 Å². The van der Waals surface area contributed by atoms with Gasteiger partial charge in [0, 0.05) is 60.6 Å². The first kappa shape index (κ1) is 18.9. The van der Waals surface area contributed by atoms with Crippen molar-refractivity contribution in [3.05, 3.63) is 64.3 Å². The molecule has 0 bridgehead atoms. The lowest BCUT2D eigenvalue weighted by Gasteiger charge is -2.30. The van der Waals surface area contributed by atoms with E-state index in [0.29, 0.717) is 17.0 Å². The third-order valence-electron chi connectivity index (χ3n) is 5.01. The van der Waals surface area contributed by atoms with E-state index in [1.807, 2.05) is 18.2 Å². The number of nitrogens with two attached hydrogens (primary N) is 1. The van der Waals surface area contributed by atoms with Crippen LogP contribution in [0.4, 0.5) is 10.1 Å². The molecule has 4 N–H and O–H groups in total. The van der Waals surface area contributed by atoms with Crippen molar-refractivity contribution in [2.24, 2.45) is 5.73 Å². The van der Waals surface area contributed by atoms with Crippen molar-refractivity contribution in [2.75, 3.05) is 31.1 Å². The highest BCUT2D eigenvalue weighted by molar-refractivity contribution is 7.20. The van der Waals surface area contributed by atoms with Gasteiger partial charge in [-0.15, -0.1) is 11.3 Å². The average molecular weight is 399 g/mol. The summed E-state index contributed by atoms with van der Waals surface area (Å²) in [6.45, 7) is 4.27. The van der Waals surface area contributed by atoms with Gasteiger partial charge in [0.15, 0.2) is 0 Å². The number of benzene rings is 2. The Morgan fingerprint density at radius 2 is 2.04 bits per heavy atom. The van der Waals surface area contributed by atoms with E-state index in [-0.39, 0.29) is 18.3 Å². The Morgan fingerprint density at radius 3 is 2.79 bits per heavy atom. The Hall–Kier alpha value is -2.48. The molecule has 5 nitrogen and oxygen atoms in total. The molecular weight excluding hydrogens is 375 g/mol. The molecule has 2 heterocycles. The predicted octanol–water partition coefficient (Wildman–Crippen LogP) is 2.84. The molecule has 28 heavy (non-hydrogen) atoms. The molecule has 4 rings (SSSR count). The molecule has 0 spiro atoms. The molecule has 0 aliphatic carbocycles. The fourth-order valence-electron chi connectivity index (χ4n) is 3.46. The SMILES string of the molecule is NCc1ccc(CNC(=O)c2cc3c(N4CCNCC4)cccc3s2)c(F)c1. The van der Waals surface area contributed by atoms with Gasteiger partial charge in [0.25, 0.3) is 5.91 Å². The van der Waals surface area contributed by atoms with Crippen LogP contribution in [-0.4, -0.2) is 32.1 Å². The highest BCUT2D eigenvalue weighted by Gasteiger charge is 2.17. The fourth-order valence-corrected chi connectivity index (χ4v) is 4.46. The Kier molecular flexibility index (Phi) is 5.57. The van der Waals surface area contributed by atoms with Crippen molar-refractivity contribution >= 4 is 33.0 Å². The predicted molar refractivity (Wildman–Crippen MR) is 112 cm³/mol. The number of rotatable bonds is 5. The molecule has 2 aromatic carbocycles. The average Bonchev–Trinajstić information content (AvgIpc) is 3.17. The van der Waals surface area contributed by atoms with Crippen molar-refractivity contribution in [3.8, 4) is 0 Å². The summed E-state index contributed by atoms with van der Waals surface area (Å²) >= 11 is 1.46. The smallest absolute Gasteiger partial charge is 0.261 e. The summed E-state index contributed by atoms with van der Waals surface area (Å²) < 4.78 is 15.2. The minimum atomic E-state index is -0.347. The third kappa shape index (κ3) is 3.87. The highest BCUT2D eigenvalue weighted by atomic mass is 32.1. The normalized spacial score (nSPS) is 14.4. The zero-order chi connectivity index (χ0) is 19.5. The van der Waals surface area contributed by atoms with E-state index in [2.05, 4.69) is 21.6 Å². The molecule has 0 saturated carbocycles. The number of nitrogens with one attached hydrogen (secondary N) is 2. The van der Waals surface area contributed by atoms with E-state index in [1.165, 1.54) is 17.4 Å². The van der Waals surface area contributed by atoms with Gasteiger partial charge in [0.05, 0.1) is 4.88 Å². The summed E-state index contributed by atoms with van der Waals surface area (Å²) in [7, 11) is 0. The van der Waals surface area contributed by atoms with Crippen LogP contribution in [0.1, 0.15) is 20.8 Å². The number of halogens is 1. The molecule has 1 saturated heterocycles. The van der Waals surface area contributed by atoms with Crippen molar-refractivity contribution < 1.29 is 9.18 Å². The first-order valence-corrected chi connectivity index (χ1v) is 10.2. The number of amides is 1. The van der Waals surface area contributed by atoms with Crippen molar-refractivity contribution in [2.45, 2.75) is 13.1 Å². The molecule has 1 aromatic heterocycles. The molecule has 146 valence electrons. The van der Waals surface area contributed by atoms with Crippen LogP contribution < -0.4 is 21.3 Å². The number of thiophene rings is 1. The number of carbonyl (C=O) groups is 1. The van der Waals surface area contributed by atoms with Gasteiger partial charge in [-0.05, 0) is 29.8 Å². The number of piperazine rings is 1. The van der Waals surface area contributed by atoms with Crippen molar-refractivity contribution in [1.82, 2.24) is 10.6 Å². The van der Waals surface area contributed by atoms with E-state index in [9.17, 15) is 9.18 Å². The number of carbonyl (C=O) groups excluding carboxylic acids is 1. The van der Waals surface area contributed by atoms with E-state index < -0.39 is 0 Å². The van der Waals surface area contributed by atoms with Gasteiger partial charge >= 0.3 is 0 Å². The topological polar surface area (TPSA) is 70.4 Å². The van der Waals surface area contributed by atoms with Gasteiger partial charge < -0.3 is 21.3 Å². The maximum Gasteiger partial charge on any atom is 0.261 e. The van der Waals surface area contributed by atoms with Crippen LogP contribution in [0.25, 0.3) is 10.1 Å². The first-order valence-electron chi connectivity index (χ1n) is 9.39. The molecule has 1 amide bonds. The second-order valence-electron chi connectivity index (χ2n) is 6.85. The summed E-state index contributed by atoms with van der Waals surface area (Å²) in [6, 6.07) is 13.0. The monoisotopic (exact) mass is 398 g/mol. The van der Waals surface area contributed by atoms with Gasteiger partial charge in [-0.1, -0.05) is 18.2 Å². The highest BCUT2D eigenvalue weighted by Crippen LogP contribution is 2.33. The number of anilines is 1. The van der Waals surface area contributed by atoms with Gasteiger partial charge in [-0.3, -0.25) is 4.79 Å². The van der Waals surface area contributed by atoms with Gasteiger partial charge in [0.1, 0.15) is 5.82 Å². The van der Waals surface area contributed by atoms with Crippen LogP contribution in [0.3, 0.4) is 0 Å². The summed E-state index contributed by atoms with van der Waals surface area (Å²) in [5.74, 6) is -0.532. The molecular formula is C21H23FN4OS. The van der Waals surface area contributed by atoms with Crippen LogP contribution in [0.5, 0.6) is 0 Å². The lowest BCUT2D eigenvalue weighted by Crippen LogP contribution is -2.43. The lowest BCUT2D eigenvalue weighted by atomic mass is 10.1. The molecule has 0 atom stereocenters. The Bertz CT molecular complexity index is 997. The minimum absolute atomic E-state index is 0.147. The van der Waals surface area contributed by atoms with E-state index in [4.69, 9.17) is 5.73 Å². The molecule has 1 aliphatic heterocycles. The fraction of sp³-hybridized carbons (Fsp3) is 0.286. The van der Waals surface area contributed by atoms with E-state index in [1.54, 1.807) is 12.1 Å². The molecule has 0 radical (unpaired) electrons. The standard InChI is InChI=1S/C21H23FN4OS/c22-17-10-14(12-23)4-5-15(17)13-25-21(27)20-11-16-18(2-1-3-19(16)28-20)26-8-6-24-7-9-26/h1-5,10-11,24H,6-9,12-13,23H2,(H,25,27). The van der Waals surface area contributed by atoms with Crippen LogP contribution in [0.2, 0.25) is 0 Å². The summed E-state index contributed by atoms with van der Waals surface area (Å²) in [6.07, 6.45) is 0. The Morgan fingerprint density at radius 1 is 1.21 bits per heavy atom. The van der Waals surface area contributed by atoms with Crippen LogP contribution >= 0.6 is 11.3 Å². The van der Waals surface area contributed by atoms with Crippen molar-refractivity contribution in [1.29, 1.82) is 0 Å². The maximum atomic E-state index is 14.1. The number of hydrogen-bond donors (Lipinski definition) is 3. The van der Waals surface area contributed by atoms with Gasteiger partial charge in [-0.2, -0.15) is 0 Å². The van der Waals surface area contributed by atoms with Gasteiger partial charge in [-0.25, -0.2) is 4.39 Å². The molecule has 0 unspecified atom stereocenters. The number of fused-ring (bicyclic) bond motifs is 1.